The van der Waals surface area contributed by atoms with Crippen molar-refractivity contribution in [2.24, 2.45) is 4.99 Å². The second-order valence-electron chi connectivity index (χ2n) is 4.61. The Morgan fingerprint density at radius 2 is 1.93 bits per heavy atom. The third kappa shape index (κ3) is 5.15. The molecule has 0 heterocycles. The van der Waals surface area contributed by atoms with Gasteiger partial charge >= 0.3 is 0 Å². The van der Waals surface area contributed by atoms with E-state index in [0.29, 0.717) is 0 Å². The first-order valence-corrected chi connectivity index (χ1v) is 6.53. The van der Waals surface area contributed by atoms with Crippen molar-refractivity contribution >= 4 is 6.21 Å². The average Bonchev–Trinajstić information content (AvgIpc) is 2.25. The molecule has 1 heteroatoms. The van der Waals surface area contributed by atoms with Crippen LogP contribution in [0, 0.1) is 0 Å². The minimum atomic E-state index is 1.02. The quantitative estimate of drug-likeness (QED) is 0.448. The van der Waals surface area contributed by atoms with Gasteiger partial charge in [-0.05, 0) is 44.6 Å². The molecule has 0 bridgehead atoms. The lowest BCUT2D eigenvalue weighted by molar-refractivity contribution is 0.673. The topological polar surface area (TPSA) is 12.4 Å². The normalized spacial score (nSPS) is 17.7. The highest BCUT2D eigenvalue weighted by Crippen LogP contribution is 2.22. The molecule has 0 unspecified atom stereocenters. The van der Waals surface area contributed by atoms with E-state index in [1.165, 1.54) is 56.9 Å². The zero-order chi connectivity index (χ0) is 10.9. The highest BCUT2D eigenvalue weighted by molar-refractivity contribution is 5.79. The minimum Gasteiger partial charge on any atom is -0.293 e. The lowest BCUT2D eigenvalue weighted by atomic mass is 9.93. The molecule has 0 saturated carbocycles. The van der Waals surface area contributed by atoms with Crippen LogP contribution in [0.25, 0.3) is 0 Å². The zero-order valence-electron chi connectivity index (χ0n) is 10.4. The van der Waals surface area contributed by atoms with E-state index in [1.54, 1.807) is 5.57 Å². The summed E-state index contributed by atoms with van der Waals surface area (Å²) in [5.74, 6) is 0. The predicted octanol–water partition coefficient (Wildman–Crippen LogP) is 4.53. The number of hydrogen-bond acceptors (Lipinski definition) is 1. The maximum Gasteiger partial charge on any atom is 0.0389 e. The van der Waals surface area contributed by atoms with Crippen LogP contribution >= 0.6 is 0 Å². The van der Waals surface area contributed by atoms with Gasteiger partial charge in [0, 0.05) is 12.8 Å². The molecular weight excluding hydrogens is 182 g/mol. The van der Waals surface area contributed by atoms with Gasteiger partial charge in [0.2, 0.25) is 0 Å². The molecule has 15 heavy (non-hydrogen) atoms. The molecule has 86 valence electrons. The highest BCUT2D eigenvalue weighted by atomic mass is 14.7. The SMILES string of the molecule is CCCCCC/N=C\C1=C(C)CCCC1. The van der Waals surface area contributed by atoms with Gasteiger partial charge in [-0.3, -0.25) is 4.99 Å². The van der Waals surface area contributed by atoms with E-state index < -0.39 is 0 Å². The molecule has 0 aromatic rings. The van der Waals surface area contributed by atoms with E-state index >= 15 is 0 Å². The van der Waals surface area contributed by atoms with Crippen molar-refractivity contribution in [3.05, 3.63) is 11.1 Å². The monoisotopic (exact) mass is 207 g/mol. The van der Waals surface area contributed by atoms with Crippen LogP contribution in [0.15, 0.2) is 16.1 Å². The minimum absolute atomic E-state index is 1.02. The number of allylic oxidation sites excluding steroid dienone is 2. The Balaban J connectivity index is 2.19. The Morgan fingerprint density at radius 3 is 2.67 bits per heavy atom. The lowest BCUT2D eigenvalue weighted by Crippen LogP contribution is -1.98. The van der Waals surface area contributed by atoms with Crippen LogP contribution in [-0.2, 0) is 0 Å². The summed E-state index contributed by atoms with van der Waals surface area (Å²) in [6.07, 6.45) is 12.7. The van der Waals surface area contributed by atoms with Gasteiger partial charge in [-0.2, -0.15) is 0 Å². The summed E-state index contributed by atoms with van der Waals surface area (Å²) in [5, 5.41) is 0. The summed E-state index contributed by atoms with van der Waals surface area (Å²) < 4.78 is 0. The fourth-order valence-electron chi connectivity index (χ4n) is 2.06. The first kappa shape index (κ1) is 12.5. The number of aliphatic imine (C=N–C) groups is 1. The van der Waals surface area contributed by atoms with Crippen molar-refractivity contribution in [1.82, 2.24) is 0 Å². The number of nitrogens with zero attached hydrogens (tertiary/aromatic N) is 1. The highest BCUT2D eigenvalue weighted by Gasteiger charge is 2.06. The van der Waals surface area contributed by atoms with E-state index in [9.17, 15) is 0 Å². The lowest BCUT2D eigenvalue weighted by Gasteiger charge is -2.13. The third-order valence-electron chi connectivity index (χ3n) is 3.18. The Kier molecular flexibility index (Phi) is 6.38. The van der Waals surface area contributed by atoms with Gasteiger partial charge in [-0.15, -0.1) is 0 Å². The van der Waals surface area contributed by atoms with Crippen LogP contribution in [-0.4, -0.2) is 12.8 Å². The zero-order valence-corrected chi connectivity index (χ0v) is 10.4. The fourth-order valence-corrected chi connectivity index (χ4v) is 2.06. The molecule has 0 N–H and O–H groups in total. The van der Waals surface area contributed by atoms with Crippen molar-refractivity contribution in [2.45, 2.75) is 65.2 Å². The van der Waals surface area contributed by atoms with Crippen molar-refractivity contribution in [1.29, 1.82) is 0 Å². The van der Waals surface area contributed by atoms with Gasteiger partial charge in [-0.1, -0.05) is 31.8 Å². The Hall–Kier alpha value is -0.590. The first-order chi connectivity index (χ1) is 7.34. The molecule has 0 atom stereocenters. The Morgan fingerprint density at radius 1 is 1.13 bits per heavy atom. The molecule has 0 aliphatic heterocycles. The largest absolute Gasteiger partial charge is 0.293 e. The summed E-state index contributed by atoms with van der Waals surface area (Å²) in [7, 11) is 0. The number of unbranched alkanes of at least 4 members (excludes halogenated alkanes) is 3. The van der Waals surface area contributed by atoms with Crippen molar-refractivity contribution < 1.29 is 0 Å². The van der Waals surface area contributed by atoms with Gasteiger partial charge in [0.15, 0.2) is 0 Å². The van der Waals surface area contributed by atoms with Gasteiger partial charge in [0.05, 0.1) is 0 Å². The van der Waals surface area contributed by atoms with Crippen molar-refractivity contribution in [2.75, 3.05) is 6.54 Å². The molecule has 0 fully saturated rings. The summed E-state index contributed by atoms with van der Waals surface area (Å²) in [6, 6.07) is 0. The van der Waals surface area contributed by atoms with Crippen LogP contribution in [0.4, 0.5) is 0 Å². The van der Waals surface area contributed by atoms with Gasteiger partial charge in [-0.25, -0.2) is 0 Å². The summed E-state index contributed by atoms with van der Waals surface area (Å²) in [4.78, 5) is 4.53. The van der Waals surface area contributed by atoms with E-state index in [-0.39, 0.29) is 0 Å². The van der Waals surface area contributed by atoms with Crippen molar-refractivity contribution in [3.63, 3.8) is 0 Å². The van der Waals surface area contributed by atoms with Gasteiger partial charge < -0.3 is 0 Å². The van der Waals surface area contributed by atoms with E-state index in [2.05, 4.69) is 25.1 Å². The second kappa shape index (κ2) is 7.67. The van der Waals surface area contributed by atoms with Crippen LogP contribution < -0.4 is 0 Å². The van der Waals surface area contributed by atoms with Crippen LogP contribution in [0.3, 0.4) is 0 Å². The molecule has 0 amide bonds. The molecule has 1 nitrogen and oxygen atoms in total. The maximum atomic E-state index is 4.53. The molecule has 0 saturated heterocycles. The van der Waals surface area contributed by atoms with E-state index in [0.717, 1.165) is 6.54 Å². The molecule has 0 spiro atoms. The molecule has 1 aliphatic rings. The van der Waals surface area contributed by atoms with Crippen LogP contribution in [0.2, 0.25) is 0 Å². The average molecular weight is 207 g/mol. The summed E-state index contributed by atoms with van der Waals surface area (Å²) >= 11 is 0. The number of hydrogen-bond donors (Lipinski definition) is 0. The van der Waals surface area contributed by atoms with Gasteiger partial charge in [0.25, 0.3) is 0 Å². The van der Waals surface area contributed by atoms with Crippen LogP contribution in [0.5, 0.6) is 0 Å². The first-order valence-electron chi connectivity index (χ1n) is 6.53. The van der Waals surface area contributed by atoms with Crippen molar-refractivity contribution in [3.8, 4) is 0 Å². The fraction of sp³-hybridized carbons (Fsp3) is 0.786. The predicted molar refractivity (Wildman–Crippen MR) is 68.7 cm³/mol. The second-order valence-corrected chi connectivity index (χ2v) is 4.61. The molecule has 0 radical (unpaired) electrons. The molecule has 0 aromatic heterocycles. The Labute approximate surface area is 94.7 Å². The molecular formula is C14H25N. The smallest absolute Gasteiger partial charge is 0.0389 e. The molecule has 0 aromatic carbocycles. The third-order valence-corrected chi connectivity index (χ3v) is 3.18. The van der Waals surface area contributed by atoms with E-state index in [4.69, 9.17) is 0 Å². The van der Waals surface area contributed by atoms with Crippen LogP contribution in [0.1, 0.15) is 65.2 Å². The maximum absolute atomic E-state index is 4.53. The molecule has 1 rings (SSSR count). The Bertz CT molecular complexity index is 225. The standard InChI is InChI=1S/C14H25N/c1-3-4-5-8-11-15-12-14-10-7-6-9-13(14)2/h12H,3-11H2,1-2H3/b15-12-. The number of rotatable bonds is 6. The van der Waals surface area contributed by atoms with E-state index in [1.807, 2.05) is 0 Å². The molecule has 1 aliphatic carbocycles. The summed E-state index contributed by atoms with van der Waals surface area (Å²) in [6.45, 7) is 5.54. The van der Waals surface area contributed by atoms with Gasteiger partial charge in [0.1, 0.15) is 0 Å². The summed E-state index contributed by atoms with van der Waals surface area (Å²) in [5.41, 5.74) is 3.08.